The van der Waals surface area contributed by atoms with E-state index in [1.807, 2.05) is 13.8 Å². The van der Waals surface area contributed by atoms with Crippen molar-refractivity contribution in [3.05, 3.63) is 16.4 Å². The number of hydrogen-bond acceptors (Lipinski definition) is 3. The number of halogens is 1. The van der Waals surface area contributed by atoms with E-state index >= 15 is 0 Å². The van der Waals surface area contributed by atoms with Crippen molar-refractivity contribution < 1.29 is 4.79 Å². The number of hydrogen-bond donors (Lipinski definition) is 1. The molecule has 0 atom stereocenters. The number of Topliss-reactive ketones (excluding diaryl/α,β-unsaturated/α-hetero) is 1. The Morgan fingerprint density at radius 2 is 2.35 bits per heavy atom. The smallest absolute Gasteiger partial charge is 0.183 e. The minimum Gasteiger partial charge on any atom is -0.314 e. The summed E-state index contributed by atoms with van der Waals surface area (Å²) < 4.78 is 2.58. The van der Waals surface area contributed by atoms with E-state index < -0.39 is 0 Å². The van der Waals surface area contributed by atoms with Crippen LogP contribution in [0, 0.1) is 0 Å². The average molecular weight is 300 g/mol. The minimum atomic E-state index is 0.149. The summed E-state index contributed by atoms with van der Waals surface area (Å²) in [5.74, 6) is 0.149. The fourth-order valence-corrected chi connectivity index (χ4v) is 2.28. The van der Waals surface area contributed by atoms with Gasteiger partial charge >= 0.3 is 0 Å². The molecule has 0 aromatic carbocycles. The van der Waals surface area contributed by atoms with Crippen LogP contribution in [0.4, 0.5) is 0 Å². The van der Waals surface area contributed by atoms with Crippen LogP contribution in [0.15, 0.2) is 10.7 Å². The second-order valence-electron chi connectivity index (χ2n) is 4.78. The van der Waals surface area contributed by atoms with Gasteiger partial charge in [-0.2, -0.15) is 5.10 Å². The predicted octanol–water partition coefficient (Wildman–Crippen LogP) is 2.55. The van der Waals surface area contributed by atoms with Gasteiger partial charge in [0.25, 0.3) is 0 Å². The highest BCUT2D eigenvalue weighted by Crippen LogP contribution is 2.22. The lowest BCUT2D eigenvalue weighted by atomic mass is 10.2. The van der Waals surface area contributed by atoms with Crippen molar-refractivity contribution in [1.29, 1.82) is 0 Å². The monoisotopic (exact) mass is 299 g/mol. The molecule has 0 unspecified atom stereocenters. The van der Waals surface area contributed by atoms with Crippen molar-refractivity contribution >= 4 is 21.7 Å². The van der Waals surface area contributed by atoms with E-state index in [-0.39, 0.29) is 11.8 Å². The first-order valence-electron chi connectivity index (χ1n) is 6.09. The fourth-order valence-electron chi connectivity index (χ4n) is 1.79. The summed E-state index contributed by atoms with van der Waals surface area (Å²) in [5.41, 5.74) is 0.692. The van der Waals surface area contributed by atoms with Crippen molar-refractivity contribution in [3.63, 3.8) is 0 Å². The van der Waals surface area contributed by atoms with Crippen LogP contribution in [-0.2, 0) is 0 Å². The molecular formula is C12H18BrN3O. The summed E-state index contributed by atoms with van der Waals surface area (Å²) in [4.78, 5) is 12.1. The fraction of sp³-hybridized carbons (Fsp3) is 0.667. The molecule has 1 heterocycles. The first kappa shape index (κ1) is 12.8. The summed E-state index contributed by atoms with van der Waals surface area (Å²) in [5, 5.41) is 7.57. The van der Waals surface area contributed by atoms with Crippen LogP contribution < -0.4 is 5.32 Å². The number of carbonyl (C=O) groups excluding carboxylic acids is 1. The topological polar surface area (TPSA) is 46.9 Å². The SMILES string of the molecule is CC(C)n1ncc(Br)c1C(=O)CCNC1CC1. The van der Waals surface area contributed by atoms with Gasteiger partial charge in [-0.1, -0.05) is 0 Å². The molecule has 2 rings (SSSR count). The second-order valence-corrected chi connectivity index (χ2v) is 5.64. The molecule has 94 valence electrons. The Bertz CT molecular complexity index is 410. The Kier molecular flexibility index (Phi) is 3.99. The molecule has 1 fully saturated rings. The predicted molar refractivity (Wildman–Crippen MR) is 70.3 cm³/mol. The Morgan fingerprint density at radius 1 is 1.65 bits per heavy atom. The van der Waals surface area contributed by atoms with Gasteiger partial charge in [0.15, 0.2) is 5.78 Å². The van der Waals surface area contributed by atoms with Crippen molar-refractivity contribution in [1.82, 2.24) is 15.1 Å². The number of nitrogens with one attached hydrogen (secondary N) is 1. The quantitative estimate of drug-likeness (QED) is 0.821. The van der Waals surface area contributed by atoms with Crippen LogP contribution in [-0.4, -0.2) is 28.2 Å². The van der Waals surface area contributed by atoms with Gasteiger partial charge in [-0.3, -0.25) is 9.48 Å². The number of carbonyl (C=O) groups is 1. The van der Waals surface area contributed by atoms with Crippen LogP contribution in [0.25, 0.3) is 0 Å². The molecule has 1 N–H and O–H groups in total. The Labute approximate surface area is 110 Å². The van der Waals surface area contributed by atoms with Crippen LogP contribution >= 0.6 is 15.9 Å². The molecule has 0 spiro atoms. The molecule has 0 radical (unpaired) electrons. The largest absolute Gasteiger partial charge is 0.314 e. The zero-order valence-electron chi connectivity index (χ0n) is 10.2. The van der Waals surface area contributed by atoms with Gasteiger partial charge in [-0.25, -0.2) is 0 Å². The second kappa shape index (κ2) is 5.31. The first-order chi connectivity index (χ1) is 8.09. The third-order valence-electron chi connectivity index (χ3n) is 2.87. The molecule has 5 heteroatoms. The van der Waals surface area contributed by atoms with Crippen molar-refractivity contribution in [3.8, 4) is 0 Å². The highest BCUT2D eigenvalue weighted by atomic mass is 79.9. The lowest BCUT2D eigenvalue weighted by Gasteiger charge is -2.10. The van der Waals surface area contributed by atoms with Gasteiger partial charge in [0.1, 0.15) is 5.69 Å². The van der Waals surface area contributed by atoms with Crippen LogP contribution in [0.2, 0.25) is 0 Å². The summed E-state index contributed by atoms with van der Waals surface area (Å²) in [6, 6.07) is 0.859. The Hall–Kier alpha value is -0.680. The highest BCUT2D eigenvalue weighted by molar-refractivity contribution is 9.10. The van der Waals surface area contributed by atoms with Gasteiger partial charge in [0.2, 0.25) is 0 Å². The van der Waals surface area contributed by atoms with Crippen molar-refractivity contribution in [2.24, 2.45) is 0 Å². The lowest BCUT2D eigenvalue weighted by molar-refractivity contribution is 0.0969. The van der Waals surface area contributed by atoms with Gasteiger partial charge < -0.3 is 5.32 Å². The molecule has 0 aliphatic heterocycles. The maximum Gasteiger partial charge on any atom is 0.183 e. The van der Waals surface area contributed by atoms with Crippen LogP contribution in [0.1, 0.15) is 49.6 Å². The van der Waals surface area contributed by atoms with Gasteiger partial charge in [0.05, 0.1) is 10.7 Å². The number of ketones is 1. The van der Waals surface area contributed by atoms with E-state index in [0.29, 0.717) is 18.2 Å². The molecule has 1 aromatic rings. The van der Waals surface area contributed by atoms with Crippen LogP contribution in [0.5, 0.6) is 0 Å². The number of rotatable bonds is 6. The maximum absolute atomic E-state index is 12.1. The normalized spacial score (nSPS) is 15.5. The molecular weight excluding hydrogens is 282 g/mol. The minimum absolute atomic E-state index is 0.149. The summed E-state index contributed by atoms with van der Waals surface area (Å²) in [6.07, 6.45) is 4.73. The van der Waals surface area contributed by atoms with Gasteiger partial charge in [-0.05, 0) is 42.6 Å². The number of aromatic nitrogens is 2. The first-order valence-corrected chi connectivity index (χ1v) is 6.88. The standard InChI is InChI=1S/C12H18BrN3O/c1-8(2)16-12(10(13)7-15-16)11(17)5-6-14-9-3-4-9/h7-9,14H,3-6H2,1-2H3. The maximum atomic E-state index is 12.1. The average Bonchev–Trinajstić information content (AvgIpc) is 2.99. The third kappa shape index (κ3) is 3.16. The Balaban J connectivity index is 1.98. The molecule has 1 saturated carbocycles. The van der Waals surface area contributed by atoms with E-state index in [4.69, 9.17) is 0 Å². The molecule has 17 heavy (non-hydrogen) atoms. The molecule has 0 saturated heterocycles. The molecule has 0 amide bonds. The van der Waals surface area contributed by atoms with E-state index in [1.54, 1.807) is 10.9 Å². The van der Waals surface area contributed by atoms with Gasteiger partial charge in [0, 0.05) is 25.0 Å². The van der Waals surface area contributed by atoms with Crippen molar-refractivity contribution in [2.75, 3.05) is 6.54 Å². The highest BCUT2D eigenvalue weighted by Gasteiger charge is 2.22. The molecule has 4 nitrogen and oxygen atoms in total. The third-order valence-corrected chi connectivity index (χ3v) is 3.45. The summed E-state index contributed by atoms with van der Waals surface area (Å²) >= 11 is 3.39. The lowest BCUT2D eigenvalue weighted by Crippen LogP contribution is -2.22. The molecule has 1 aliphatic rings. The Morgan fingerprint density at radius 3 is 2.94 bits per heavy atom. The number of nitrogens with zero attached hydrogens (tertiary/aromatic N) is 2. The zero-order valence-corrected chi connectivity index (χ0v) is 11.8. The molecule has 1 aliphatic carbocycles. The van der Waals surface area contributed by atoms with E-state index in [0.717, 1.165) is 11.0 Å². The van der Waals surface area contributed by atoms with E-state index in [9.17, 15) is 4.79 Å². The van der Waals surface area contributed by atoms with E-state index in [2.05, 4.69) is 26.3 Å². The summed E-state index contributed by atoms with van der Waals surface area (Å²) in [7, 11) is 0. The van der Waals surface area contributed by atoms with E-state index in [1.165, 1.54) is 12.8 Å². The molecule has 1 aromatic heterocycles. The summed E-state index contributed by atoms with van der Waals surface area (Å²) in [6.45, 7) is 4.82. The molecule has 0 bridgehead atoms. The van der Waals surface area contributed by atoms with Crippen LogP contribution in [0.3, 0.4) is 0 Å². The zero-order chi connectivity index (χ0) is 12.4. The van der Waals surface area contributed by atoms with Crippen molar-refractivity contribution in [2.45, 2.75) is 45.2 Å². The van der Waals surface area contributed by atoms with Gasteiger partial charge in [-0.15, -0.1) is 0 Å².